The summed E-state index contributed by atoms with van der Waals surface area (Å²) in [5.41, 5.74) is -0.891. The molecule has 2 aromatic rings. The van der Waals surface area contributed by atoms with E-state index in [0.717, 1.165) is 42.1 Å². The molecule has 0 aliphatic heterocycles. The number of rotatable bonds is 6. The number of aliphatic hydroxyl groups is 1. The molecular formula is C16H16ClF3N2O4S. The Bertz CT molecular complexity index is 959. The maximum absolute atomic E-state index is 13.6. The second-order valence-corrected chi connectivity index (χ2v) is 8.07. The molecule has 148 valence electrons. The van der Waals surface area contributed by atoms with Crippen molar-refractivity contribution in [3.05, 3.63) is 63.5 Å². The molecule has 1 aromatic carbocycles. The van der Waals surface area contributed by atoms with Crippen LogP contribution in [0.4, 0.5) is 13.2 Å². The van der Waals surface area contributed by atoms with Gasteiger partial charge in [-0.25, -0.2) is 8.42 Å². The van der Waals surface area contributed by atoms with Crippen LogP contribution in [0.25, 0.3) is 0 Å². The van der Waals surface area contributed by atoms with Gasteiger partial charge in [0.1, 0.15) is 6.04 Å². The number of pyridine rings is 1. The molecular weight excluding hydrogens is 409 g/mol. The Labute approximate surface area is 158 Å². The van der Waals surface area contributed by atoms with Crippen molar-refractivity contribution in [3.63, 3.8) is 0 Å². The first-order valence-corrected chi connectivity index (χ1v) is 9.42. The average Bonchev–Trinajstić information content (AvgIpc) is 2.57. The lowest BCUT2D eigenvalue weighted by atomic mass is 10.1. The maximum atomic E-state index is 13.6. The van der Waals surface area contributed by atoms with Gasteiger partial charge in [0.25, 0.3) is 5.56 Å². The summed E-state index contributed by atoms with van der Waals surface area (Å²) in [5, 5.41) is 9.14. The highest BCUT2D eigenvalue weighted by Gasteiger charge is 2.47. The van der Waals surface area contributed by atoms with E-state index in [1.165, 1.54) is 12.1 Å². The van der Waals surface area contributed by atoms with Crippen LogP contribution in [0.2, 0.25) is 5.02 Å². The Morgan fingerprint density at radius 3 is 2.30 bits per heavy atom. The summed E-state index contributed by atoms with van der Waals surface area (Å²) < 4.78 is 67.5. The standard InChI is InChI=1S/C16H16ClF3N2O4S/c1-21(15(16(18,19)20)11-2-4-12(17)5-3-11)27(25,26)13-6-7-14(24)22(10-13)8-9-23/h2-7,10,15,23H,8-9H2,1H3. The van der Waals surface area contributed by atoms with Gasteiger partial charge in [0.05, 0.1) is 11.5 Å². The molecule has 6 nitrogen and oxygen atoms in total. The molecule has 0 amide bonds. The first kappa shape index (κ1) is 21.4. The second kappa shape index (κ2) is 8.01. The highest BCUT2D eigenvalue weighted by atomic mass is 35.5. The highest BCUT2D eigenvalue weighted by Crippen LogP contribution is 2.39. The molecule has 0 saturated carbocycles. The molecule has 2 rings (SSSR count). The third-order valence-electron chi connectivity index (χ3n) is 3.83. The van der Waals surface area contributed by atoms with Gasteiger partial charge in [-0.2, -0.15) is 17.5 Å². The smallest absolute Gasteiger partial charge is 0.395 e. The lowest BCUT2D eigenvalue weighted by Gasteiger charge is -2.29. The summed E-state index contributed by atoms with van der Waals surface area (Å²) >= 11 is 5.69. The molecule has 0 radical (unpaired) electrons. The number of benzene rings is 1. The minimum atomic E-state index is -4.89. The predicted octanol–water partition coefficient (Wildman–Crippen LogP) is 2.42. The van der Waals surface area contributed by atoms with Gasteiger partial charge in [-0.3, -0.25) is 4.79 Å². The van der Waals surface area contributed by atoms with Gasteiger partial charge in [-0.1, -0.05) is 23.7 Å². The Balaban J connectivity index is 2.53. The van der Waals surface area contributed by atoms with E-state index in [1.807, 2.05) is 0 Å². The molecule has 0 bridgehead atoms. The van der Waals surface area contributed by atoms with Crippen molar-refractivity contribution in [2.24, 2.45) is 0 Å². The summed E-state index contributed by atoms with van der Waals surface area (Å²) in [6.45, 7) is -0.624. The number of hydrogen-bond acceptors (Lipinski definition) is 4. The lowest BCUT2D eigenvalue weighted by molar-refractivity contribution is -0.171. The van der Waals surface area contributed by atoms with Crippen molar-refractivity contribution in [1.82, 2.24) is 8.87 Å². The molecule has 0 fully saturated rings. The monoisotopic (exact) mass is 424 g/mol. The summed E-state index contributed by atoms with van der Waals surface area (Å²) in [5.74, 6) is 0. The van der Waals surface area contributed by atoms with Gasteiger partial charge in [0.15, 0.2) is 0 Å². The molecule has 1 atom stereocenters. The van der Waals surface area contributed by atoms with Crippen LogP contribution in [0.1, 0.15) is 11.6 Å². The van der Waals surface area contributed by atoms with Crippen LogP contribution in [0.5, 0.6) is 0 Å². The van der Waals surface area contributed by atoms with Crippen molar-refractivity contribution < 1.29 is 26.7 Å². The first-order chi connectivity index (χ1) is 12.5. The highest BCUT2D eigenvalue weighted by molar-refractivity contribution is 7.89. The van der Waals surface area contributed by atoms with Crippen LogP contribution < -0.4 is 5.56 Å². The maximum Gasteiger partial charge on any atom is 0.409 e. The van der Waals surface area contributed by atoms with Gasteiger partial charge in [0, 0.05) is 30.9 Å². The third kappa shape index (κ3) is 4.70. The number of sulfonamides is 1. The first-order valence-electron chi connectivity index (χ1n) is 7.60. The van der Waals surface area contributed by atoms with E-state index < -0.39 is 39.3 Å². The normalized spacial score (nSPS) is 13.7. The van der Waals surface area contributed by atoms with Gasteiger partial charge >= 0.3 is 6.18 Å². The summed E-state index contributed by atoms with van der Waals surface area (Å²) in [6, 6.07) is 4.06. The topological polar surface area (TPSA) is 79.6 Å². The van der Waals surface area contributed by atoms with Crippen molar-refractivity contribution in [3.8, 4) is 0 Å². The van der Waals surface area contributed by atoms with E-state index >= 15 is 0 Å². The largest absolute Gasteiger partial charge is 0.409 e. The zero-order chi connectivity index (χ0) is 20.4. The molecule has 1 aromatic heterocycles. The lowest BCUT2D eigenvalue weighted by Crippen LogP contribution is -2.40. The van der Waals surface area contributed by atoms with Crippen LogP contribution in [0.15, 0.2) is 52.3 Å². The molecule has 0 aliphatic rings. The molecule has 1 unspecified atom stereocenters. The van der Waals surface area contributed by atoms with Gasteiger partial charge in [-0.15, -0.1) is 0 Å². The summed E-state index contributed by atoms with van der Waals surface area (Å²) in [7, 11) is -3.79. The molecule has 0 aliphatic carbocycles. The van der Waals surface area contributed by atoms with Gasteiger partial charge in [0.2, 0.25) is 10.0 Å². The molecule has 11 heteroatoms. The van der Waals surface area contributed by atoms with Crippen molar-refractivity contribution in [1.29, 1.82) is 0 Å². The van der Waals surface area contributed by atoms with Crippen LogP contribution in [-0.4, -0.2) is 42.2 Å². The van der Waals surface area contributed by atoms with Gasteiger partial charge < -0.3 is 9.67 Å². The third-order valence-corrected chi connectivity index (χ3v) is 5.89. The van der Waals surface area contributed by atoms with Crippen LogP contribution in [0, 0.1) is 0 Å². The number of hydrogen-bond donors (Lipinski definition) is 1. The quantitative estimate of drug-likeness (QED) is 0.772. The number of nitrogens with zero attached hydrogens (tertiary/aromatic N) is 2. The molecule has 1 heterocycles. The van der Waals surface area contributed by atoms with Crippen LogP contribution >= 0.6 is 11.6 Å². The van der Waals surface area contributed by atoms with E-state index in [4.69, 9.17) is 16.7 Å². The second-order valence-electron chi connectivity index (χ2n) is 5.64. The van der Waals surface area contributed by atoms with E-state index in [2.05, 4.69) is 0 Å². The van der Waals surface area contributed by atoms with Crippen LogP contribution in [0.3, 0.4) is 0 Å². The van der Waals surface area contributed by atoms with Gasteiger partial charge in [-0.05, 0) is 23.8 Å². The van der Waals surface area contributed by atoms with Crippen molar-refractivity contribution in [2.45, 2.75) is 23.7 Å². The zero-order valence-electron chi connectivity index (χ0n) is 14.0. The predicted molar refractivity (Wildman–Crippen MR) is 93.0 cm³/mol. The number of alkyl halides is 3. The SMILES string of the molecule is CN(C(c1ccc(Cl)cc1)C(F)(F)F)S(=O)(=O)c1ccc(=O)n(CCO)c1. The van der Waals surface area contributed by atoms with Crippen molar-refractivity contribution >= 4 is 21.6 Å². The Morgan fingerprint density at radius 2 is 1.78 bits per heavy atom. The molecule has 0 saturated heterocycles. The fourth-order valence-corrected chi connectivity index (χ4v) is 3.98. The summed E-state index contributed by atoms with van der Waals surface area (Å²) in [6.07, 6.45) is -3.99. The van der Waals surface area contributed by atoms with E-state index in [1.54, 1.807) is 0 Å². The Morgan fingerprint density at radius 1 is 1.19 bits per heavy atom. The molecule has 27 heavy (non-hydrogen) atoms. The number of halogens is 4. The number of aliphatic hydroxyl groups excluding tert-OH is 1. The zero-order valence-corrected chi connectivity index (χ0v) is 15.6. The Kier molecular flexibility index (Phi) is 6.35. The van der Waals surface area contributed by atoms with Crippen molar-refractivity contribution in [2.75, 3.05) is 13.7 Å². The molecule has 0 spiro atoms. The van der Waals surface area contributed by atoms with E-state index in [-0.39, 0.29) is 21.4 Å². The Hall–Kier alpha value is -1.88. The minimum absolute atomic E-state index is 0.189. The van der Waals surface area contributed by atoms with E-state index in [9.17, 15) is 26.4 Å². The number of aromatic nitrogens is 1. The fourth-order valence-electron chi connectivity index (χ4n) is 2.50. The van der Waals surface area contributed by atoms with E-state index in [0.29, 0.717) is 0 Å². The summed E-state index contributed by atoms with van der Waals surface area (Å²) in [4.78, 5) is 11.2. The van der Waals surface area contributed by atoms with Crippen LogP contribution in [-0.2, 0) is 16.6 Å². The molecule has 1 N–H and O–H groups in total. The fraction of sp³-hybridized carbons (Fsp3) is 0.312. The average molecular weight is 425 g/mol. The minimum Gasteiger partial charge on any atom is -0.395 e.